The highest BCUT2D eigenvalue weighted by Crippen LogP contribution is 2.27. The van der Waals surface area contributed by atoms with Crippen LogP contribution in [-0.4, -0.2) is 30.1 Å². The topological polar surface area (TPSA) is 29.5 Å². The first kappa shape index (κ1) is 13.1. The molecule has 1 aliphatic heterocycles. The minimum absolute atomic E-state index is 0.0455. The van der Waals surface area contributed by atoms with Crippen molar-refractivity contribution in [3.05, 3.63) is 20.8 Å². The van der Waals surface area contributed by atoms with Crippen molar-refractivity contribution in [2.24, 2.45) is 0 Å². The molecule has 1 fully saturated rings. The van der Waals surface area contributed by atoms with Gasteiger partial charge in [-0.1, -0.05) is 0 Å². The highest BCUT2D eigenvalue weighted by molar-refractivity contribution is 9.11. The summed E-state index contributed by atoms with van der Waals surface area (Å²) in [5.41, 5.74) is 0. The van der Waals surface area contributed by atoms with Gasteiger partial charge in [0, 0.05) is 11.4 Å². The third-order valence-electron chi connectivity index (χ3n) is 2.91. The van der Waals surface area contributed by atoms with Crippen LogP contribution in [0.3, 0.4) is 0 Å². The second-order valence-electron chi connectivity index (χ2n) is 4.09. The molecule has 0 radical (unpaired) electrons. The lowest BCUT2D eigenvalue weighted by Crippen LogP contribution is -2.36. The molecule has 0 amide bonds. The third-order valence-corrected chi connectivity index (χ3v) is 4.52. The van der Waals surface area contributed by atoms with Crippen molar-refractivity contribution in [3.63, 3.8) is 0 Å². The van der Waals surface area contributed by atoms with Gasteiger partial charge < -0.3 is 4.74 Å². The molecule has 1 aromatic rings. The fraction of sp³-hybridized carbons (Fsp3) is 0.583. The maximum atomic E-state index is 11.8. The molecular weight excluding hydrogens is 302 g/mol. The van der Waals surface area contributed by atoms with Crippen LogP contribution in [0.1, 0.15) is 24.6 Å². The Morgan fingerprint density at radius 2 is 2.47 bits per heavy atom. The summed E-state index contributed by atoms with van der Waals surface area (Å²) in [6.07, 6.45) is 2.00. The van der Waals surface area contributed by atoms with E-state index in [-0.39, 0.29) is 12.0 Å². The number of hydrogen-bond donors (Lipinski definition) is 0. The van der Waals surface area contributed by atoms with Crippen LogP contribution in [0, 0.1) is 0 Å². The predicted molar refractivity (Wildman–Crippen MR) is 72.1 cm³/mol. The number of hydrogen-bond acceptors (Lipinski definition) is 4. The standard InChI is InChI=1S/C12H16BrNO2S/c1-2-16-12(15)10-4-3-7-14(10)8-9-5-6-11(13)17-9/h5-6,10H,2-4,7-8H2,1H3. The molecule has 17 heavy (non-hydrogen) atoms. The lowest BCUT2D eigenvalue weighted by Gasteiger charge is -2.21. The molecule has 0 bridgehead atoms. The Hall–Kier alpha value is -0.390. The van der Waals surface area contributed by atoms with Gasteiger partial charge in [0.15, 0.2) is 0 Å². The first-order chi connectivity index (χ1) is 8.20. The highest BCUT2D eigenvalue weighted by atomic mass is 79.9. The fourth-order valence-corrected chi connectivity index (χ4v) is 3.67. The van der Waals surface area contributed by atoms with Crippen LogP contribution in [0.5, 0.6) is 0 Å². The molecule has 0 N–H and O–H groups in total. The van der Waals surface area contributed by atoms with E-state index >= 15 is 0 Å². The van der Waals surface area contributed by atoms with Gasteiger partial charge in [0.2, 0.25) is 0 Å². The summed E-state index contributed by atoms with van der Waals surface area (Å²) in [6, 6.07) is 4.11. The SMILES string of the molecule is CCOC(=O)C1CCCN1Cc1ccc(Br)s1. The van der Waals surface area contributed by atoms with Gasteiger partial charge in [-0.15, -0.1) is 11.3 Å². The number of halogens is 1. The molecule has 5 heteroatoms. The fourth-order valence-electron chi connectivity index (χ4n) is 2.16. The first-order valence-corrected chi connectivity index (χ1v) is 7.46. The number of likely N-dealkylation sites (tertiary alicyclic amines) is 1. The number of thiophene rings is 1. The lowest BCUT2D eigenvalue weighted by atomic mass is 10.2. The number of rotatable bonds is 4. The van der Waals surface area contributed by atoms with Crippen molar-refractivity contribution in [2.75, 3.05) is 13.2 Å². The van der Waals surface area contributed by atoms with Crippen LogP contribution >= 0.6 is 27.3 Å². The van der Waals surface area contributed by atoms with Crippen molar-refractivity contribution >= 4 is 33.2 Å². The quantitative estimate of drug-likeness (QED) is 0.799. The zero-order chi connectivity index (χ0) is 12.3. The maximum Gasteiger partial charge on any atom is 0.323 e. The van der Waals surface area contributed by atoms with E-state index in [4.69, 9.17) is 4.74 Å². The van der Waals surface area contributed by atoms with Gasteiger partial charge in [-0.25, -0.2) is 0 Å². The molecule has 1 aromatic heterocycles. The Labute approximate surface area is 114 Å². The summed E-state index contributed by atoms with van der Waals surface area (Å²) < 4.78 is 6.25. The number of nitrogens with zero attached hydrogens (tertiary/aromatic N) is 1. The minimum atomic E-state index is -0.0689. The molecule has 0 aromatic carbocycles. The van der Waals surface area contributed by atoms with Gasteiger partial charge in [0.25, 0.3) is 0 Å². The van der Waals surface area contributed by atoms with Crippen LogP contribution in [0.25, 0.3) is 0 Å². The minimum Gasteiger partial charge on any atom is -0.465 e. The number of ether oxygens (including phenoxy) is 1. The van der Waals surface area contributed by atoms with E-state index in [1.165, 1.54) is 4.88 Å². The number of carbonyl (C=O) groups excluding carboxylic acids is 1. The second-order valence-corrected chi connectivity index (χ2v) is 6.63. The summed E-state index contributed by atoms with van der Waals surface area (Å²) in [6.45, 7) is 4.15. The van der Waals surface area contributed by atoms with Crippen molar-refractivity contribution in [1.82, 2.24) is 4.90 Å². The Balaban J connectivity index is 1.97. The molecule has 1 saturated heterocycles. The van der Waals surface area contributed by atoms with E-state index in [1.54, 1.807) is 11.3 Å². The monoisotopic (exact) mass is 317 g/mol. The third kappa shape index (κ3) is 3.30. The van der Waals surface area contributed by atoms with Crippen LogP contribution in [0.4, 0.5) is 0 Å². The van der Waals surface area contributed by atoms with Crippen LogP contribution in [-0.2, 0) is 16.1 Å². The van der Waals surface area contributed by atoms with E-state index in [9.17, 15) is 4.79 Å². The first-order valence-electron chi connectivity index (χ1n) is 5.85. The number of esters is 1. The molecule has 1 unspecified atom stereocenters. The Morgan fingerprint density at radius 3 is 3.12 bits per heavy atom. The molecule has 2 heterocycles. The average molecular weight is 318 g/mol. The maximum absolute atomic E-state index is 11.8. The normalized spacial score (nSPS) is 20.7. The van der Waals surface area contributed by atoms with E-state index < -0.39 is 0 Å². The summed E-state index contributed by atoms with van der Waals surface area (Å²) in [7, 11) is 0. The summed E-state index contributed by atoms with van der Waals surface area (Å²) in [5, 5.41) is 0. The molecule has 3 nitrogen and oxygen atoms in total. The highest BCUT2D eigenvalue weighted by Gasteiger charge is 2.31. The molecule has 0 saturated carbocycles. The Kier molecular flexibility index (Phi) is 4.59. The van der Waals surface area contributed by atoms with E-state index in [2.05, 4.69) is 33.0 Å². The van der Waals surface area contributed by atoms with Crippen molar-refractivity contribution in [1.29, 1.82) is 0 Å². The Bertz CT molecular complexity index is 394. The van der Waals surface area contributed by atoms with Crippen molar-refractivity contribution in [2.45, 2.75) is 32.4 Å². The molecular formula is C12H16BrNO2S. The lowest BCUT2D eigenvalue weighted by molar-refractivity contribution is -0.148. The van der Waals surface area contributed by atoms with E-state index in [0.717, 1.165) is 29.7 Å². The summed E-state index contributed by atoms with van der Waals surface area (Å²) in [5.74, 6) is -0.0689. The molecule has 1 aliphatic rings. The summed E-state index contributed by atoms with van der Waals surface area (Å²) >= 11 is 5.18. The van der Waals surface area contributed by atoms with Crippen LogP contribution in [0.15, 0.2) is 15.9 Å². The van der Waals surface area contributed by atoms with E-state index in [1.807, 2.05) is 6.92 Å². The molecule has 0 aliphatic carbocycles. The van der Waals surface area contributed by atoms with Gasteiger partial charge in [-0.3, -0.25) is 9.69 Å². The largest absolute Gasteiger partial charge is 0.465 e. The molecule has 1 atom stereocenters. The van der Waals surface area contributed by atoms with Crippen molar-refractivity contribution < 1.29 is 9.53 Å². The van der Waals surface area contributed by atoms with Gasteiger partial charge >= 0.3 is 5.97 Å². The smallest absolute Gasteiger partial charge is 0.323 e. The van der Waals surface area contributed by atoms with Gasteiger partial charge in [-0.05, 0) is 54.4 Å². The van der Waals surface area contributed by atoms with Crippen LogP contribution < -0.4 is 0 Å². The van der Waals surface area contributed by atoms with Crippen molar-refractivity contribution in [3.8, 4) is 0 Å². The van der Waals surface area contributed by atoms with Gasteiger partial charge in [0.05, 0.1) is 10.4 Å². The molecule has 94 valence electrons. The predicted octanol–water partition coefficient (Wildman–Crippen LogP) is 3.04. The van der Waals surface area contributed by atoms with E-state index in [0.29, 0.717) is 6.61 Å². The zero-order valence-electron chi connectivity index (χ0n) is 9.82. The van der Waals surface area contributed by atoms with Gasteiger partial charge in [-0.2, -0.15) is 0 Å². The second kappa shape index (κ2) is 5.98. The zero-order valence-corrected chi connectivity index (χ0v) is 12.2. The molecule has 2 rings (SSSR count). The van der Waals surface area contributed by atoms with Crippen LogP contribution in [0.2, 0.25) is 0 Å². The number of carbonyl (C=O) groups is 1. The molecule has 0 spiro atoms. The van der Waals surface area contributed by atoms with Gasteiger partial charge in [0.1, 0.15) is 6.04 Å². The Morgan fingerprint density at radius 1 is 1.65 bits per heavy atom. The average Bonchev–Trinajstić information content (AvgIpc) is 2.89. The summed E-state index contributed by atoms with van der Waals surface area (Å²) in [4.78, 5) is 15.3.